The molecule has 4 heterocycles. The van der Waals surface area contributed by atoms with Crippen LogP contribution in [0.2, 0.25) is 0 Å². The van der Waals surface area contributed by atoms with Gasteiger partial charge in [-0.05, 0) is 18.4 Å². The normalized spacial score (nSPS) is 32.7. The van der Waals surface area contributed by atoms with E-state index in [0.717, 1.165) is 24.8 Å². The Labute approximate surface area is 240 Å². The van der Waals surface area contributed by atoms with Crippen LogP contribution in [0, 0.1) is 11.8 Å². The van der Waals surface area contributed by atoms with Crippen molar-refractivity contribution in [3.8, 4) is 0 Å². The number of β-amino-alcohol motifs (C(OH)–C–C–N with tert-alkyl or cyclic N) is 1. The molecule has 4 aliphatic rings. The van der Waals surface area contributed by atoms with Crippen LogP contribution < -0.4 is 5.32 Å². The molecule has 5 bridgehead atoms. The van der Waals surface area contributed by atoms with Crippen molar-refractivity contribution in [2.24, 2.45) is 11.8 Å². The van der Waals surface area contributed by atoms with Gasteiger partial charge in [-0.1, -0.05) is 74.4 Å². The highest BCUT2D eigenvalue weighted by Crippen LogP contribution is 2.55. The predicted octanol–water partition coefficient (Wildman–Crippen LogP) is 1.90. The van der Waals surface area contributed by atoms with Gasteiger partial charge < -0.3 is 29.7 Å². The van der Waals surface area contributed by atoms with Crippen molar-refractivity contribution in [1.29, 1.82) is 0 Å². The van der Waals surface area contributed by atoms with E-state index in [4.69, 9.17) is 9.47 Å². The molecule has 0 saturated carbocycles. The summed E-state index contributed by atoms with van der Waals surface area (Å²) in [6, 6.07) is 7.59. The maximum Gasteiger partial charge on any atom is 0.306 e. The molecular weight excluding hydrogens is 526 g/mol. The lowest BCUT2D eigenvalue weighted by atomic mass is 9.74. The first-order valence-electron chi connectivity index (χ1n) is 14.6. The number of hydrogen-bond donors (Lipinski definition) is 2. The maximum atomic E-state index is 14.2. The monoisotopic (exact) mass is 565 g/mol. The summed E-state index contributed by atoms with van der Waals surface area (Å²) in [7, 11) is 0. The zero-order valence-corrected chi connectivity index (χ0v) is 23.4. The lowest BCUT2D eigenvalue weighted by Gasteiger charge is -2.35. The standard InChI is InChI=1S/C31H39N3O7/c1-2-3-9-16-33-17-10-5-8-13-24(36)40-20-22(21-11-6-4-7-12-21)32-28(37)25-23-14-15-31(41-23)26(25)29(38)34(18-19-35)27(31)30(33)39/h4-7,10-12,14-15,22-23,25-27,35H,2-3,8-9,13,16-20H2,1H3,(H,32,37)/b10-5-/t22-,23-,25+,26+,27-,31+/m0/s1. The third-order valence-corrected chi connectivity index (χ3v) is 8.53. The van der Waals surface area contributed by atoms with Crippen LogP contribution in [-0.4, -0.2) is 89.2 Å². The van der Waals surface area contributed by atoms with Gasteiger partial charge in [0, 0.05) is 26.1 Å². The first kappa shape index (κ1) is 29.0. The molecule has 10 heteroatoms. The lowest BCUT2D eigenvalue weighted by Crippen LogP contribution is -2.56. The minimum atomic E-state index is -1.30. The molecule has 41 heavy (non-hydrogen) atoms. The number of hydrogen-bond acceptors (Lipinski definition) is 7. The Morgan fingerprint density at radius 3 is 2.61 bits per heavy atom. The van der Waals surface area contributed by atoms with Crippen molar-refractivity contribution in [2.45, 2.75) is 62.8 Å². The molecule has 0 aliphatic carbocycles. The number of nitrogens with zero attached hydrogens (tertiary/aromatic N) is 2. The van der Waals surface area contributed by atoms with Gasteiger partial charge in [-0.25, -0.2) is 0 Å². The van der Waals surface area contributed by atoms with E-state index < -0.39 is 41.5 Å². The first-order chi connectivity index (χ1) is 19.9. The third kappa shape index (κ3) is 5.55. The molecule has 10 nitrogen and oxygen atoms in total. The molecule has 3 amide bonds. The second-order valence-corrected chi connectivity index (χ2v) is 11.1. The molecule has 1 aromatic rings. The number of carbonyl (C=O) groups is 4. The van der Waals surface area contributed by atoms with E-state index in [-0.39, 0.29) is 44.0 Å². The Kier molecular flexibility index (Phi) is 8.89. The topological polar surface area (TPSA) is 125 Å². The van der Waals surface area contributed by atoms with Crippen LogP contribution in [-0.2, 0) is 28.7 Å². The van der Waals surface area contributed by atoms with Crippen molar-refractivity contribution in [3.63, 3.8) is 0 Å². The van der Waals surface area contributed by atoms with Gasteiger partial charge in [0.25, 0.3) is 0 Å². The number of aliphatic hydroxyl groups is 1. The van der Waals surface area contributed by atoms with E-state index in [1.165, 1.54) is 4.90 Å². The fraction of sp³-hybridized carbons (Fsp3) is 0.548. The van der Waals surface area contributed by atoms with Gasteiger partial charge in [0.05, 0.1) is 30.6 Å². The van der Waals surface area contributed by atoms with Gasteiger partial charge in [-0.15, -0.1) is 0 Å². The largest absolute Gasteiger partial charge is 0.463 e. The minimum absolute atomic E-state index is 0.0368. The van der Waals surface area contributed by atoms with Crippen LogP contribution in [0.25, 0.3) is 0 Å². The quantitative estimate of drug-likeness (QED) is 0.294. The van der Waals surface area contributed by atoms with Gasteiger partial charge in [0.1, 0.15) is 18.2 Å². The summed E-state index contributed by atoms with van der Waals surface area (Å²) in [6.45, 7) is 2.48. The zero-order chi connectivity index (χ0) is 29.0. The number of fused-ring (bicyclic) bond motifs is 2. The number of benzene rings is 1. The van der Waals surface area contributed by atoms with Crippen LogP contribution in [0.4, 0.5) is 0 Å². The molecule has 2 N–H and O–H groups in total. The Morgan fingerprint density at radius 1 is 1.05 bits per heavy atom. The van der Waals surface area contributed by atoms with Crippen molar-refractivity contribution < 1.29 is 33.8 Å². The van der Waals surface area contributed by atoms with Crippen LogP contribution in [0.1, 0.15) is 50.6 Å². The number of unbranched alkanes of at least 4 members (excludes halogenated alkanes) is 2. The highest BCUT2D eigenvalue weighted by molar-refractivity contribution is 6.00. The van der Waals surface area contributed by atoms with Gasteiger partial charge in [0.2, 0.25) is 17.7 Å². The number of esters is 1. The molecular formula is C31H39N3O7. The summed E-state index contributed by atoms with van der Waals surface area (Å²) >= 11 is 0. The number of nitrogens with one attached hydrogen (secondary N) is 1. The van der Waals surface area contributed by atoms with E-state index in [1.54, 1.807) is 17.1 Å². The minimum Gasteiger partial charge on any atom is -0.463 e. The molecule has 1 aromatic carbocycles. The number of allylic oxidation sites excluding steroid dienone is 1. The summed E-state index contributed by atoms with van der Waals surface area (Å²) in [5, 5.41) is 12.9. The van der Waals surface area contributed by atoms with Gasteiger partial charge >= 0.3 is 5.97 Å². The first-order valence-corrected chi connectivity index (χ1v) is 14.6. The summed E-state index contributed by atoms with van der Waals surface area (Å²) in [4.78, 5) is 57.7. The maximum absolute atomic E-state index is 14.2. The summed E-state index contributed by atoms with van der Waals surface area (Å²) in [6.07, 6.45) is 9.92. The average molecular weight is 566 g/mol. The van der Waals surface area contributed by atoms with Crippen LogP contribution in [0.15, 0.2) is 54.6 Å². The predicted molar refractivity (Wildman–Crippen MR) is 149 cm³/mol. The second kappa shape index (κ2) is 12.6. The van der Waals surface area contributed by atoms with Crippen molar-refractivity contribution in [2.75, 3.05) is 32.8 Å². The Balaban J connectivity index is 1.52. The fourth-order valence-electron chi connectivity index (χ4n) is 6.56. The number of amides is 3. The van der Waals surface area contributed by atoms with Crippen LogP contribution >= 0.6 is 0 Å². The molecule has 0 unspecified atom stereocenters. The number of likely N-dealkylation sites (tertiary alicyclic amines) is 1. The van der Waals surface area contributed by atoms with Crippen molar-refractivity contribution in [1.82, 2.24) is 15.1 Å². The second-order valence-electron chi connectivity index (χ2n) is 11.1. The molecule has 220 valence electrons. The molecule has 2 fully saturated rings. The van der Waals surface area contributed by atoms with E-state index in [9.17, 15) is 24.3 Å². The number of aliphatic hydroxyl groups excluding tert-OH is 1. The smallest absolute Gasteiger partial charge is 0.306 e. The zero-order valence-electron chi connectivity index (χ0n) is 23.4. The van der Waals surface area contributed by atoms with E-state index in [1.807, 2.05) is 42.5 Å². The number of carbonyl (C=O) groups excluding carboxylic acids is 4. The highest BCUT2D eigenvalue weighted by atomic mass is 16.5. The molecule has 0 radical (unpaired) electrons. The van der Waals surface area contributed by atoms with E-state index in [2.05, 4.69) is 12.2 Å². The third-order valence-electron chi connectivity index (χ3n) is 8.53. The van der Waals surface area contributed by atoms with Gasteiger partial charge in [-0.3, -0.25) is 19.2 Å². The Bertz CT molecular complexity index is 1200. The van der Waals surface area contributed by atoms with Gasteiger partial charge in [-0.2, -0.15) is 0 Å². The number of cyclic esters (lactones) is 1. The van der Waals surface area contributed by atoms with E-state index >= 15 is 0 Å². The van der Waals surface area contributed by atoms with E-state index in [0.29, 0.717) is 19.5 Å². The summed E-state index contributed by atoms with van der Waals surface area (Å²) < 4.78 is 12.0. The van der Waals surface area contributed by atoms with Crippen LogP contribution in [0.5, 0.6) is 0 Å². The molecule has 6 atom stereocenters. The Morgan fingerprint density at radius 2 is 1.85 bits per heavy atom. The highest BCUT2D eigenvalue weighted by Gasteiger charge is 2.73. The van der Waals surface area contributed by atoms with Gasteiger partial charge in [0.15, 0.2) is 0 Å². The average Bonchev–Trinajstić information content (AvgIpc) is 3.61. The summed E-state index contributed by atoms with van der Waals surface area (Å²) in [5.74, 6) is -3.24. The Hall–Kier alpha value is -3.50. The summed E-state index contributed by atoms with van der Waals surface area (Å²) in [5.41, 5.74) is -0.540. The molecule has 1 spiro atoms. The molecule has 2 saturated heterocycles. The fourth-order valence-corrected chi connectivity index (χ4v) is 6.56. The lowest BCUT2D eigenvalue weighted by molar-refractivity contribution is -0.148. The van der Waals surface area contributed by atoms with Crippen molar-refractivity contribution in [3.05, 3.63) is 60.2 Å². The molecule has 0 aromatic heterocycles. The SMILES string of the molecule is CCCCCN1C/C=C\CCC(=O)OC[C@@H](c2ccccc2)NC(=O)[C@@H]2[C@@H]3C=C[C@]4(O3)[C@H](C1=O)N(CCO)C(=O)[C@@H]24. The number of rotatable bonds is 7. The van der Waals surface area contributed by atoms with Crippen molar-refractivity contribution >= 4 is 23.7 Å². The molecule has 5 rings (SSSR count). The van der Waals surface area contributed by atoms with Crippen LogP contribution in [0.3, 0.4) is 0 Å². The number of ether oxygens (including phenoxy) is 2. The molecule has 4 aliphatic heterocycles.